The predicted octanol–water partition coefficient (Wildman–Crippen LogP) is 1.60. The van der Waals surface area contributed by atoms with Crippen LogP contribution in [0.15, 0.2) is 0 Å². The molecule has 5 nitrogen and oxygen atoms in total. The third kappa shape index (κ3) is 6.34. The summed E-state index contributed by atoms with van der Waals surface area (Å²) in [6.07, 6.45) is 7.42. The average Bonchev–Trinajstić information content (AvgIpc) is 2.99. The lowest BCUT2D eigenvalue weighted by Crippen LogP contribution is -2.47. The molecule has 1 atom stereocenters. The van der Waals surface area contributed by atoms with E-state index in [0.29, 0.717) is 12.3 Å². The highest BCUT2D eigenvalue weighted by Crippen LogP contribution is 2.21. The van der Waals surface area contributed by atoms with Crippen LogP contribution in [0.1, 0.15) is 38.5 Å². The van der Waals surface area contributed by atoms with Gasteiger partial charge in [0.15, 0.2) is 0 Å². The number of halogens is 2. The molecule has 3 heterocycles. The molecule has 3 aliphatic heterocycles. The first-order chi connectivity index (χ1) is 10.8. The van der Waals surface area contributed by atoms with Crippen molar-refractivity contribution < 1.29 is 4.79 Å². The highest BCUT2D eigenvalue weighted by atomic mass is 35.5. The quantitative estimate of drug-likeness (QED) is 0.803. The monoisotopic (exact) mass is 380 g/mol. The summed E-state index contributed by atoms with van der Waals surface area (Å²) in [6.45, 7) is 9.61. The Hall–Kier alpha value is -0.0700. The lowest BCUT2D eigenvalue weighted by atomic mass is 10.1. The number of likely N-dealkylation sites (tertiary alicyclic amines) is 2. The minimum absolute atomic E-state index is 0. The number of hydrogen-bond acceptors (Lipinski definition) is 4. The molecule has 0 spiro atoms. The second-order valence-electron chi connectivity index (χ2n) is 7.05. The summed E-state index contributed by atoms with van der Waals surface area (Å²) in [5, 5.41) is 3.31. The second-order valence-corrected chi connectivity index (χ2v) is 7.05. The van der Waals surface area contributed by atoms with E-state index in [2.05, 4.69) is 15.1 Å². The lowest BCUT2D eigenvalue weighted by molar-refractivity contribution is -0.132. The van der Waals surface area contributed by atoms with E-state index in [1.54, 1.807) is 0 Å². The topological polar surface area (TPSA) is 38.8 Å². The Kier molecular flexibility index (Phi) is 10.6. The van der Waals surface area contributed by atoms with Gasteiger partial charge in [-0.25, -0.2) is 0 Å². The van der Waals surface area contributed by atoms with Crippen LogP contribution < -0.4 is 5.32 Å². The number of carbonyl (C=O) groups excluding carboxylic acids is 1. The predicted molar refractivity (Wildman–Crippen MR) is 103 cm³/mol. The molecule has 142 valence electrons. The molecule has 1 amide bonds. The molecule has 0 aliphatic carbocycles. The molecule has 3 rings (SSSR count). The van der Waals surface area contributed by atoms with Gasteiger partial charge in [-0.3, -0.25) is 4.79 Å². The molecule has 0 radical (unpaired) electrons. The summed E-state index contributed by atoms with van der Waals surface area (Å²) in [6, 6.07) is 0.802. The molecular formula is C17H34Cl2N4O. The minimum atomic E-state index is 0. The van der Waals surface area contributed by atoms with Crippen LogP contribution in [0, 0.1) is 0 Å². The number of carbonyl (C=O) groups is 1. The van der Waals surface area contributed by atoms with E-state index in [0.717, 1.165) is 38.8 Å². The first-order valence-electron chi connectivity index (χ1n) is 9.28. The van der Waals surface area contributed by atoms with Crippen LogP contribution in [0.25, 0.3) is 0 Å². The summed E-state index contributed by atoms with van der Waals surface area (Å²) in [5.41, 5.74) is 0. The van der Waals surface area contributed by atoms with Crippen LogP contribution in [0.5, 0.6) is 0 Å². The Morgan fingerprint density at radius 3 is 2.29 bits per heavy atom. The van der Waals surface area contributed by atoms with E-state index in [1.807, 2.05) is 4.90 Å². The third-order valence-electron chi connectivity index (χ3n) is 5.56. The molecule has 24 heavy (non-hydrogen) atoms. The van der Waals surface area contributed by atoms with Crippen molar-refractivity contribution in [2.24, 2.45) is 0 Å². The van der Waals surface area contributed by atoms with Gasteiger partial charge in [0.05, 0.1) is 0 Å². The summed E-state index contributed by atoms with van der Waals surface area (Å²) in [4.78, 5) is 19.5. The average molecular weight is 381 g/mol. The Labute approximate surface area is 159 Å². The molecule has 3 fully saturated rings. The molecule has 0 aromatic heterocycles. The van der Waals surface area contributed by atoms with Crippen LogP contribution in [0.4, 0.5) is 0 Å². The van der Waals surface area contributed by atoms with Crippen molar-refractivity contribution in [1.29, 1.82) is 0 Å². The fraction of sp³-hybridized carbons (Fsp3) is 0.941. The maximum atomic E-state index is 12.3. The number of rotatable bonds is 4. The van der Waals surface area contributed by atoms with Crippen molar-refractivity contribution in [2.75, 3.05) is 58.9 Å². The number of nitrogens with one attached hydrogen (secondary N) is 1. The van der Waals surface area contributed by atoms with Gasteiger partial charge in [0.25, 0.3) is 0 Å². The van der Waals surface area contributed by atoms with Crippen molar-refractivity contribution in [2.45, 2.75) is 44.6 Å². The first kappa shape index (κ1) is 22.0. The summed E-state index contributed by atoms with van der Waals surface area (Å²) < 4.78 is 0. The molecule has 3 aliphatic rings. The van der Waals surface area contributed by atoms with Gasteiger partial charge in [0.2, 0.25) is 5.91 Å². The van der Waals surface area contributed by atoms with Crippen LogP contribution >= 0.6 is 24.8 Å². The number of nitrogens with zero attached hydrogens (tertiary/aromatic N) is 3. The van der Waals surface area contributed by atoms with Gasteiger partial charge in [0, 0.05) is 45.2 Å². The number of amides is 1. The fourth-order valence-electron chi connectivity index (χ4n) is 4.16. The van der Waals surface area contributed by atoms with Crippen LogP contribution in [-0.4, -0.2) is 85.6 Å². The first-order valence-corrected chi connectivity index (χ1v) is 9.28. The second kappa shape index (κ2) is 11.5. The molecule has 0 aromatic rings. The van der Waals surface area contributed by atoms with Crippen molar-refractivity contribution in [3.8, 4) is 0 Å². The van der Waals surface area contributed by atoms with E-state index >= 15 is 0 Å². The molecule has 3 saturated heterocycles. The van der Waals surface area contributed by atoms with Crippen molar-refractivity contribution in [3.63, 3.8) is 0 Å². The summed E-state index contributed by atoms with van der Waals surface area (Å²) in [7, 11) is 0. The van der Waals surface area contributed by atoms with Gasteiger partial charge < -0.3 is 20.0 Å². The highest BCUT2D eigenvalue weighted by Gasteiger charge is 2.25. The van der Waals surface area contributed by atoms with Crippen molar-refractivity contribution >= 4 is 30.7 Å². The smallest absolute Gasteiger partial charge is 0.223 e. The van der Waals surface area contributed by atoms with E-state index in [9.17, 15) is 4.79 Å². The van der Waals surface area contributed by atoms with Gasteiger partial charge in [-0.15, -0.1) is 24.8 Å². The molecule has 7 heteroatoms. The number of piperazine rings is 1. The fourth-order valence-corrected chi connectivity index (χ4v) is 4.16. The van der Waals surface area contributed by atoms with Gasteiger partial charge in [-0.1, -0.05) is 0 Å². The number of hydrogen-bond donors (Lipinski definition) is 1. The summed E-state index contributed by atoms with van der Waals surface area (Å²) >= 11 is 0. The Bertz CT molecular complexity index is 360. The Morgan fingerprint density at radius 2 is 1.58 bits per heavy atom. The maximum Gasteiger partial charge on any atom is 0.223 e. The lowest BCUT2D eigenvalue weighted by Gasteiger charge is -2.29. The van der Waals surface area contributed by atoms with Crippen LogP contribution in [0.3, 0.4) is 0 Å². The Balaban J connectivity index is 0.00000144. The minimum Gasteiger partial charge on any atom is -0.340 e. The van der Waals surface area contributed by atoms with Gasteiger partial charge in [-0.2, -0.15) is 0 Å². The molecule has 0 saturated carbocycles. The zero-order chi connectivity index (χ0) is 15.2. The zero-order valence-corrected chi connectivity index (χ0v) is 16.4. The van der Waals surface area contributed by atoms with Crippen molar-refractivity contribution in [1.82, 2.24) is 20.0 Å². The highest BCUT2D eigenvalue weighted by molar-refractivity contribution is 5.85. The van der Waals surface area contributed by atoms with E-state index in [1.165, 1.54) is 58.3 Å². The largest absolute Gasteiger partial charge is 0.340 e. The molecule has 0 aromatic carbocycles. The van der Waals surface area contributed by atoms with Crippen LogP contribution in [0.2, 0.25) is 0 Å². The van der Waals surface area contributed by atoms with E-state index in [4.69, 9.17) is 0 Å². The normalized spacial score (nSPS) is 26.3. The van der Waals surface area contributed by atoms with Crippen molar-refractivity contribution in [3.05, 3.63) is 0 Å². The SMILES string of the molecule is Cl.Cl.O=C(CCN1CCCC(N2CCCC2)CC1)N1CCNCC1. The van der Waals surface area contributed by atoms with E-state index < -0.39 is 0 Å². The van der Waals surface area contributed by atoms with Gasteiger partial charge >= 0.3 is 0 Å². The molecule has 1 N–H and O–H groups in total. The molecule has 0 bridgehead atoms. The van der Waals surface area contributed by atoms with E-state index in [-0.39, 0.29) is 24.8 Å². The van der Waals surface area contributed by atoms with Gasteiger partial charge in [0.1, 0.15) is 0 Å². The third-order valence-corrected chi connectivity index (χ3v) is 5.56. The standard InChI is InChI=1S/C17H32N4O.2ClH/c22-17(21-14-7-18-8-15-21)6-13-19-9-3-4-16(5-12-19)20-10-1-2-11-20;;/h16,18H,1-15H2;2*1H. The molecular weight excluding hydrogens is 347 g/mol. The maximum absolute atomic E-state index is 12.3. The van der Waals surface area contributed by atoms with Gasteiger partial charge in [-0.05, 0) is 58.3 Å². The van der Waals surface area contributed by atoms with Crippen LogP contribution in [-0.2, 0) is 4.79 Å². The summed E-state index contributed by atoms with van der Waals surface area (Å²) in [5.74, 6) is 0.349. The molecule has 1 unspecified atom stereocenters. The Morgan fingerprint density at radius 1 is 0.875 bits per heavy atom. The zero-order valence-electron chi connectivity index (χ0n) is 14.8.